The predicted molar refractivity (Wildman–Crippen MR) is 112 cm³/mol. The molecule has 27 heavy (non-hydrogen) atoms. The van der Waals surface area contributed by atoms with E-state index in [1.54, 1.807) is 29.8 Å². The third-order valence-electron chi connectivity index (χ3n) is 4.24. The topological polar surface area (TPSA) is 51.2 Å². The van der Waals surface area contributed by atoms with Crippen LogP contribution in [0, 0.1) is 0 Å². The second-order valence-electron chi connectivity index (χ2n) is 6.03. The number of methoxy groups -OCH3 is 1. The minimum atomic E-state index is -0.0588. The summed E-state index contributed by atoms with van der Waals surface area (Å²) in [5, 5.41) is 6.03. The number of nitrogens with one attached hydrogen (secondary N) is 1. The maximum absolute atomic E-state index is 12.5. The van der Waals surface area contributed by atoms with Gasteiger partial charge in [0.1, 0.15) is 10.8 Å². The van der Waals surface area contributed by atoms with Crippen molar-refractivity contribution in [3.63, 3.8) is 0 Å². The minimum Gasteiger partial charge on any atom is -0.497 e. The van der Waals surface area contributed by atoms with Crippen LogP contribution < -0.4 is 10.1 Å². The molecule has 0 radical (unpaired) electrons. The number of ether oxygens (including phenoxy) is 1. The van der Waals surface area contributed by atoms with Crippen LogP contribution in [0.25, 0.3) is 20.1 Å². The van der Waals surface area contributed by atoms with Gasteiger partial charge in [-0.15, -0.1) is 22.7 Å². The van der Waals surface area contributed by atoms with Crippen molar-refractivity contribution in [2.75, 3.05) is 13.7 Å². The first kappa shape index (κ1) is 17.7. The summed E-state index contributed by atoms with van der Waals surface area (Å²) in [6.07, 6.45) is 0.779. The smallest absolute Gasteiger partial charge is 0.251 e. The molecule has 0 saturated heterocycles. The average Bonchev–Trinajstić information content (AvgIpc) is 3.37. The van der Waals surface area contributed by atoms with E-state index in [1.807, 2.05) is 53.9 Å². The average molecular weight is 395 g/mol. The van der Waals surface area contributed by atoms with Crippen LogP contribution in [-0.2, 0) is 6.42 Å². The molecule has 4 aromatic rings. The maximum Gasteiger partial charge on any atom is 0.251 e. The number of carbonyl (C=O) groups is 1. The van der Waals surface area contributed by atoms with Gasteiger partial charge in [0.05, 0.1) is 22.2 Å². The number of amides is 1. The molecule has 1 amide bonds. The predicted octanol–water partition coefficient (Wildman–Crippen LogP) is 5.01. The number of thiophene rings is 1. The van der Waals surface area contributed by atoms with Crippen LogP contribution in [0.5, 0.6) is 5.75 Å². The molecular formula is C21H18N2O2S2. The summed E-state index contributed by atoms with van der Waals surface area (Å²) in [7, 11) is 1.65. The van der Waals surface area contributed by atoms with Gasteiger partial charge in [-0.3, -0.25) is 4.79 Å². The molecule has 0 aliphatic heterocycles. The van der Waals surface area contributed by atoms with Crippen LogP contribution in [0.15, 0.2) is 60.0 Å². The first-order valence-electron chi connectivity index (χ1n) is 8.58. The fourth-order valence-electron chi connectivity index (χ4n) is 2.79. The highest BCUT2D eigenvalue weighted by Crippen LogP contribution is 2.33. The Balaban J connectivity index is 1.41. The fourth-order valence-corrected chi connectivity index (χ4v) is 4.59. The molecule has 4 rings (SSSR count). The Bertz CT molecular complexity index is 1050. The van der Waals surface area contributed by atoms with Crippen LogP contribution in [0.1, 0.15) is 15.9 Å². The van der Waals surface area contributed by atoms with E-state index in [9.17, 15) is 4.79 Å². The molecule has 0 aliphatic rings. The lowest BCUT2D eigenvalue weighted by molar-refractivity contribution is 0.0954. The lowest BCUT2D eigenvalue weighted by atomic mass is 10.1. The third-order valence-corrected chi connectivity index (χ3v) is 6.30. The molecule has 0 spiro atoms. The zero-order chi connectivity index (χ0) is 18.6. The van der Waals surface area contributed by atoms with Crippen molar-refractivity contribution in [2.45, 2.75) is 6.42 Å². The Morgan fingerprint density at radius 3 is 2.74 bits per heavy atom. The molecule has 2 aromatic heterocycles. The van der Waals surface area contributed by atoms with E-state index in [0.29, 0.717) is 12.1 Å². The van der Waals surface area contributed by atoms with Gasteiger partial charge < -0.3 is 10.1 Å². The summed E-state index contributed by atoms with van der Waals surface area (Å²) in [5.74, 6) is 0.777. The maximum atomic E-state index is 12.5. The zero-order valence-corrected chi connectivity index (χ0v) is 16.4. The van der Waals surface area contributed by atoms with Gasteiger partial charge in [0.2, 0.25) is 0 Å². The van der Waals surface area contributed by atoms with Crippen molar-refractivity contribution in [3.8, 4) is 15.6 Å². The highest BCUT2D eigenvalue weighted by Gasteiger charge is 2.11. The van der Waals surface area contributed by atoms with Crippen LogP contribution in [-0.4, -0.2) is 24.5 Å². The SMILES string of the molecule is COc1ccc(CCNC(=O)c2ccc3nc(-c4cccs4)sc3c2)cc1. The number of fused-ring (bicyclic) bond motifs is 1. The first-order valence-corrected chi connectivity index (χ1v) is 10.3. The number of nitrogens with zero attached hydrogens (tertiary/aromatic N) is 1. The third kappa shape index (κ3) is 4.02. The standard InChI is InChI=1S/C21H18N2O2S2/c1-25-16-7-4-14(5-8-16)10-11-22-20(24)15-6-9-17-19(13-15)27-21(23-17)18-3-2-12-26-18/h2-9,12-13H,10-11H2,1H3,(H,22,24). The van der Waals surface area contributed by atoms with Crippen molar-refractivity contribution in [2.24, 2.45) is 0 Å². The Labute approximate surface area is 165 Å². The number of hydrogen-bond acceptors (Lipinski definition) is 5. The van der Waals surface area contributed by atoms with Crippen molar-refractivity contribution in [1.29, 1.82) is 0 Å². The molecular weight excluding hydrogens is 376 g/mol. The minimum absolute atomic E-state index is 0.0588. The molecule has 1 N–H and O–H groups in total. The van der Waals surface area contributed by atoms with Gasteiger partial charge in [-0.25, -0.2) is 4.98 Å². The Morgan fingerprint density at radius 1 is 1.15 bits per heavy atom. The van der Waals surface area contributed by atoms with E-state index in [-0.39, 0.29) is 5.91 Å². The summed E-state index contributed by atoms with van der Waals surface area (Å²) in [6, 6.07) is 17.7. The van der Waals surface area contributed by atoms with Crippen LogP contribution >= 0.6 is 22.7 Å². The van der Waals surface area contributed by atoms with Gasteiger partial charge >= 0.3 is 0 Å². The lowest BCUT2D eigenvalue weighted by Gasteiger charge is -2.06. The number of aromatic nitrogens is 1. The number of benzene rings is 2. The van der Waals surface area contributed by atoms with E-state index in [4.69, 9.17) is 4.74 Å². The highest BCUT2D eigenvalue weighted by atomic mass is 32.1. The van der Waals surface area contributed by atoms with Gasteiger partial charge in [-0.2, -0.15) is 0 Å². The summed E-state index contributed by atoms with van der Waals surface area (Å²) >= 11 is 3.29. The monoisotopic (exact) mass is 394 g/mol. The van der Waals surface area contributed by atoms with E-state index in [1.165, 1.54) is 0 Å². The number of thiazole rings is 1. The first-order chi connectivity index (χ1) is 13.2. The van der Waals surface area contributed by atoms with Gasteiger partial charge in [-0.1, -0.05) is 18.2 Å². The summed E-state index contributed by atoms with van der Waals surface area (Å²) in [4.78, 5) is 18.3. The zero-order valence-electron chi connectivity index (χ0n) is 14.8. The van der Waals surface area contributed by atoms with E-state index in [0.717, 1.165) is 37.8 Å². The Morgan fingerprint density at radius 2 is 2.00 bits per heavy atom. The molecule has 136 valence electrons. The summed E-state index contributed by atoms with van der Waals surface area (Å²) in [6.45, 7) is 0.590. The highest BCUT2D eigenvalue weighted by molar-refractivity contribution is 7.25. The van der Waals surface area contributed by atoms with Crippen LogP contribution in [0.4, 0.5) is 0 Å². The van der Waals surface area contributed by atoms with E-state index < -0.39 is 0 Å². The molecule has 4 nitrogen and oxygen atoms in total. The molecule has 2 aromatic carbocycles. The number of carbonyl (C=O) groups excluding carboxylic acids is 1. The number of hydrogen-bond donors (Lipinski definition) is 1. The van der Waals surface area contributed by atoms with Crippen molar-refractivity contribution < 1.29 is 9.53 Å². The van der Waals surface area contributed by atoms with Crippen molar-refractivity contribution in [1.82, 2.24) is 10.3 Å². The quantitative estimate of drug-likeness (QED) is 0.500. The van der Waals surface area contributed by atoms with E-state index >= 15 is 0 Å². The van der Waals surface area contributed by atoms with Crippen molar-refractivity contribution >= 4 is 38.8 Å². The number of rotatable bonds is 6. The normalized spacial score (nSPS) is 10.9. The van der Waals surface area contributed by atoms with Crippen molar-refractivity contribution in [3.05, 3.63) is 71.1 Å². The van der Waals surface area contributed by atoms with Gasteiger partial charge in [0, 0.05) is 12.1 Å². The molecule has 2 heterocycles. The largest absolute Gasteiger partial charge is 0.497 e. The van der Waals surface area contributed by atoms with Crippen LogP contribution in [0.3, 0.4) is 0 Å². The van der Waals surface area contributed by atoms with E-state index in [2.05, 4.69) is 16.4 Å². The molecule has 0 unspecified atom stereocenters. The molecule has 0 fully saturated rings. The molecule has 0 atom stereocenters. The Kier molecular flexibility index (Phi) is 5.18. The van der Waals surface area contributed by atoms with Gasteiger partial charge in [-0.05, 0) is 53.8 Å². The Hall–Kier alpha value is -2.70. The summed E-state index contributed by atoms with van der Waals surface area (Å²) in [5.41, 5.74) is 2.76. The van der Waals surface area contributed by atoms with Gasteiger partial charge in [0.25, 0.3) is 5.91 Å². The second-order valence-corrected chi connectivity index (χ2v) is 8.01. The molecule has 6 heteroatoms. The van der Waals surface area contributed by atoms with Gasteiger partial charge in [0.15, 0.2) is 0 Å². The molecule has 0 aliphatic carbocycles. The molecule has 0 saturated carbocycles. The van der Waals surface area contributed by atoms with Crippen LogP contribution in [0.2, 0.25) is 0 Å². The molecule has 0 bridgehead atoms. The summed E-state index contributed by atoms with van der Waals surface area (Å²) < 4.78 is 6.19. The fraction of sp³-hybridized carbons (Fsp3) is 0.143. The lowest BCUT2D eigenvalue weighted by Crippen LogP contribution is -2.25. The second kappa shape index (κ2) is 7.90.